The molecule has 2 aliphatic rings. The van der Waals surface area contributed by atoms with E-state index in [4.69, 9.17) is 4.52 Å². The van der Waals surface area contributed by atoms with E-state index in [9.17, 15) is 4.79 Å². The monoisotopic (exact) mass is 220 g/mol. The Labute approximate surface area is 94.4 Å². The number of fused-ring (bicyclic) bond motifs is 2. The van der Waals surface area contributed by atoms with Crippen LogP contribution in [-0.2, 0) is 4.79 Å². The molecule has 0 radical (unpaired) electrons. The lowest BCUT2D eigenvalue weighted by Gasteiger charge is -2.19. The van der Waals surface area contributed by atoms with Crippen LogP contribution in [0.2, 0.25) is 0 Å². The zero-order valence-corrected chi connectivity index (χ0v) is 9.40. The van der Waals surface area contributed by atoms with Crippen molar-refractivity contribution in [1.29, 1.82) is 0 Å². The molecule has 3 rings (SSSR count). The van der Waals surface area contributed by atoms with Gasteiger partial charge < -0.3 is 9.84 Å². The molecule has 1 N–H and O–H groups in total. The van der Waals surface area contributed by atoms with E-state index in [1.165, 1.54) is 19.3 Å². The SMILES string of the molecule is Cc1cc(NC(=O)[C@@H]2C[C@@H]3CC[C@H]2C3)no1. The van der Waals surface area contributed by atoms with E-state index in [0.717, 1.165) is 18.1 Å². The highest BCUT2D eigenvalue weighted by Gasteiger charge is 2.43. The van der Waals surface area contributed by atoms with E-state index in [-0.39, 0.29) is 11.8 Å². The van der Waals surface area contributed by atoms with Gasteiger partial charge in [-0.1, -0.05) is 11.6 Å². The first-order valence-electron chi connectivity index (χ1n) is 5.96. The molecule has 4 heteroatoms. The standard InChI is InChI=1S/C12H16N2O2/c1-7-4-11(14-16-7)13-12(15)10-6-8-2-3-9(10)5-8/h4,8-10H,2-3,5-6H2,1H3,(H,13,14,15)/t8-,9+,10-/m1/s1. The van der Waals surface area contributed by atoms with Gasteiger partial charge in [0.1, 0.15) is 5.76 Å². The predicted molar refractivity (Wildman–Crippen MR) is 58.8 cm³/mol. The predicted octanol–water partition coefficient (Wildman–Crippen LogP) is 2.36. The molecular weight excluding hydrogens is 204 g/mol. The van der Waals surface area contributed by atoms with Gasteiger partial charge in [-0.3, -0.25) is 4.79 Å². The van der Waals surface area contributed by atoms with Crippen molar-refractivity contribution in [3.63, 3.8) is 0 Å². The number of carbonyl (C=O) groups excluding carboxylic acids is 1. The van der Waals surface area contributed by atoms with Crippen LogP contribution < -0.4 is 5.32 Å². The van der Waals surface area contributed by atoms with Gasteiger partial charge in [0.2, 0.25) is 5.91 Å². The Morgan fingerprint density at radius 2 is 2.38 bits per heavy atom. The fourth-order valence-electron chi connectivity index (χ4n) is 3.21. The van der Waals surface area contributed by atoms with Crippen molar-refractivity contribution in [2.45, 2.75) is 32.6 Å². The lowest BCUT2D eigenvalue weighted by molar-refractivity contribution is -0.121. The summed E-state index contributed by atoms with van der Waals surface area (Å²) in [5.74, 6) is 3.00. The number of nitrogens with one attached hydrogen (secondary N) is 1. The van der Waals surface area contributed by atoms with Crippen molar-refractivity contribution in [2.75, 3.05) is 5.32 Å². The summed E-state index contributed by atoms with van der Waals surface area (Å²) in [5.41, 5.74) is 0. The van der Waals surface area contributed by atoms with Crippen molar-refractivity contribution < 1.29 is 9.32 Å². The molecule has 2 aliphatic carbocycles. The summed E-state index contributed by atoms with van der Waals surface area (Å²) in [6.45, 7) is 1.82. The minimum Gasteiger partial charge on any atom is -0.360 e. The Hall–Kier alpha value is -1.32. The van der Waals surface area contributed by atoms with Crippen molar-refractivity contribution in [3.05, 3.63) is 11.8 Å². The van der Waals surface area contributed by atoms with Crippen LogP contribution in [-0.4, -0.2) is 11.1 Å². The van der Waals surface area contributed by atoms with Gasteiger partial charge in [0.15, 0.2) is 5.82 Å². The van der Waals surface area contributed by atoms with Gasteiger partial charge >= 0.3 is 0 Å². The molecule has 1 heterocycles. The Balaban J connectivity index is 1.65. The maximum Gasteiger partial charge on any atom is 0.229 e. The minimum absolute atomic E-state index is 0.125. The number of hydrogen-bond acceptors (Lipinski definition) is 3. The third kappa shape index (κ3) is 1.62. The molecule has 0 aliphatic heterocycles. The van der Waals surface area contributed by atoms with Crippen molar-refractivity contribution in [2.24, 2.45) is 17.8 Å². The van der Waals surface area contributed by atoms with E-state index < -0.39 is 0 Å². The van der Waals surface area contributed by atoms with Crippen molar-refractivity contribution in [1.82, 2.24) is 5.16 Å². The highest BCUT2D eigenvalue weighted by atomic mass is 16.5. The van der Waals surface area contributed by atoms with Crippen LogP contribution in [0.5, 0.6) is 0 Å². The molecule has 1 amide bonds. The van der Waals surface area contributed by atoms with Crippen molar-refractivity contribution in [3.8, 4) is 0 Å². The topological polar surface area (TPSA) is 55.1 Å². The number of aromatic nitrogens is 1. The number of aryl methyl sites for hydroxylation is 1. The fraction of sp³-hybridized carbons (Fsp3) is 0.667. The summed E-state index contributed by atoms with van der Waals surface area (Å²) < 4.78 is 4.93. The second kappa shape index (κ2) is 3.61. The molecule has 2 fully saturated rings. The highest BCUT2D eigenvalue weighted by Crippen LogP contribution is 2.48. The van der Waals surface area contributed by atoms with Gasteiger partial charge in [-0.15, -0.1) is 0 Å². The smallest absolute Gasteiger partial charge is 0.229 e. The summed E-state index contributed by atoms with van der Waals surface area (Å²) in [4.78, 5) is 12.0. The third-order valence-corrected chi connectivity index (χ3v) is 3.95. The normalized spacial score (nSPS) is 31.9. The van der Waals surface area contributed by atoms with E-state index in [1.54, 1.807) is 6.07 Å². The number of anilines is 1. The van der Waals surface area contributed by atoms with Gasteiger partial charge in [-0.25, -0.2) is 0 Å². The zero-order valence-electron chi connectivity index (χ0n) is 9.40. The third-order valence-electron chi connectivity index (χ3n) is 3.95. The van der Waals surface area contributed by atoms with Crippen molar-refractivity contribution >= 4 is 11.7 Å². The van der Waals surface area contributed by atoms with Crippen LogP contribution in [0.4, 0.5) is 5.82 Å². The average Bonchev–Trinajstić information content (AvgIpc) is 2.93. The van der Waals surface area contributed by atoms with Crippen LogP contribution in [0.15, 0.2) is 10.6 Å². The maximum atomic E-state index is 12.0. The molecule has 0 spiro atoms. The van der Waals surface area contributed by atoms with Gasteiger partial charge in [0, 0.05) is 12.0 Å². The van der Waals surface area contributed by atoms with Gasteiger partial charge in [0.05, 0.1) is 0 Å². The Morgan fingerprint density at radius 3 is 2.94 bits per heavy atom. The molecule has 0 unspecified atom stereocenters. The summed E-state index contributed by atoms with van der Waals surface area (Å²) in [7, 11) is 0. The first-order chi connectivity index (χ1) is 7.72. The minimum atomic E-state index is 0.125. The molecule has 0 aromatic carbocycles. The van der Waals surface area contributed by atoms with Crippen LogP contribution in [0.25, 0.3) is 0 Å². The molecule has 1 aromatic rings. The molecule has 2 bridgehead atoms. The number of nitrogens with zero attached hydrogens (tertiary/aromatic N) is 1. The molecule has 3 atom stereocenters. The fourth-order valence-corrected chi connectivity index (χ4v) is 3.21. The molecular formula is C12H16N2O2. The summed E-state index contributed by atoms with van der Waals surface area (Å²) in [6, 6.07) is 1.76. The highest BCUT2D eigenvalue weighted by molar-refractivity contribution is 5.92. The molecule has 0 saturated heterocycles. The molecule has 2 saturated carbocycles. The summed E-state index contributed by atoms with van der Waals surface area (Å²) in [6.07, 6.45) is 4.85. The Kier molecular flexibility index (Phi) is 2.23. The van der Waals surface area contributed by atoms with E-state index in [0.29, 0.717) is 11.7 Å². The van der Waals surface area contributed by atoms with E-state index >= 15 is 0 Å². The maximum absolute atomic E-state index is 12.0. The molecule has 1 aromatic heterocycles. The number of rotatable bonds is 2. The Bertz CT molecular complexity index is 413. The van der Waals surface area contributed by atoms with Gasteiger partial charge in [-0.2, -0.15) is 0 Å². The van der Waals surface area contributed by atoms with E-state index in [1.807, 2.05) is 6.92 Å². The van der Waals surface area contributed by atoms with Gasteiger partial charge in [0.25, 0.3) is 0 Å². The van der Waals surface area contributed by atoms with Crippen LogP contribution in [0, 0.1) is 24.7 Å². The number of hydrogen-bond donors (Lipinski definition) is 1. The quantitative estimate of drug-likeness (QED) is 0.832. The first-order valence-corrected chi connectivity index (χ1v) is 5.96. The molecule has 16 heavy (non-hydrogen) atoms. The molecule has 86 valence electrons. The van der Waals surface area contributed by atoms with Crippen LogP contribution >= 0.6 is 0 Å². The summed E-state index contributed by atoms with van der Waals surface area (Å²) >= 11 is 0. The number of amides is 1. The first kappa shape index (κ1) is 9.87. The van der Waals surface area contributed by atoms with Gasteiger partial charge in [-0.05, 0) is 38.0 Å². The lowest BCUT2D eigenvalue weighted by atomic mass is 9.88. The molecule has 4 nitrogen and oxygen atoms in total. The second-order valence-corrected chi connectivity index (χ2v) is 5.09. The lowest BCUT2D eigenvalue weighted by Crippen LogP contribution is -2.27. The second-order valence-electron chi connectivity index (χ2n) is 5.09. The Morgan fingerprint density at radius 1 is 1.50 bits per heavy atom. The van der Waals surface area contributed by atoms with E-state index in [2.05, 4.69) is 10.5 Å². The average molecular weight is 220 g/mol. The zero-order chi connectivity index (χ0) is 11.1. The summed E-state index contributed by atoms with van der Waals surface area (Å²) in [5, 5.41) is 6.63. The number of carbonyl (C=O) groups is 1. The largest absolute Gasteiger partial charge is 0.360 e. The van der Waals surface area contributed by atoms with Crippen LogP contribution in [0.1, 0.15) is 31.4 Å². The van der Waals surface area contributed by atoms with Crippen LogP contribution in [0.3, 0.4) is 0 Å².